The molecule has 0 saturated heterocycles. The summed E-state index contributed by atoms with van der Waals surface area (Å²) in [7, 11) is 1.75. The van der Waals surface area contributed by atoms with Gasteiger partial charge in [0.25, 0.3) is 0 Å². The number of anilines is 2. The Hall–Kier alpha value is -1.38. The van der Waals surface area contributed by atoms with E-state index in [-0.39, 0.29) is 0 Å². The van der Waals surface area contributed by atoms with Crippen LogP contribution < -0.4 is 15.0 Å². The maximum atomic E-state index is 5.48. The van der Waals surface area contributed by atoms with Crippen molar-refractivity contribution in [3.05, 3.63) is 18.2 Å². The summed E-state index contributed by atoms with van der Waals surface area (Å²) in [6, 6.07) is 6.23. The Bertz CT molecular complexity index is 398. The second kappa shape index (κ2) is 3.30. The minimum atomic E-state index is 0.371. The molecule has 2 aliphatic rings. The summed E-state index contributed by atoms with van der Waals surface area (Å²) >= 11 is 0. The van der Waals surface area contributed by atoms with E-state index in [1.165, 1.54) is 24.2 Å². The van der Waals surface area contributed by atoms with Crippen molar-refractivity contribution in [3.8, 4) is 5.75 Å². The minimum Gasteiger partial charge on any atom is -0.495 e. The van der Waals surface area contributed by atoms with Crippen molar-refractivity contribution >= 4 is 11.4 Å². The van der Waals surface area contributed by atoms with Gasteiger partial charge in [-0.1, -0.05) is 6.07 Å². The number of hydrogen-bond acceptors (Lipinski definition) is 3. The van der Waals surface area contributed by atoms with E-state index in [4.69, 9.17) is 4.74 Å². The normalized spacial score (nSPS) is 20.2. The Morgan fingerprint density at radius 3 is 2.88 bits per heavy atom. The molecule has 0 unspecified atom stereocenters. The van der Waals surface area contributed by atoms with Gasteiger partial charge in [-0.3, -0.25) is 0 Å². The molecule has 0 bridgehead atoms. The Labute approximate surface area is 96.4 Å². The number of ether oxygens (including phenoxy) is 1. The highest BCUT2D eigenvalue weighted by Gasteiger charge is 2.50. The average molecular weight is 218 g/mol. The van der Waals surface area contributed by atoms with Crippen molar-refractivity contribution in [2.75, 3.05) is 30.4 Å². The largest absolute Gasteiger partial charge is 0.495 e. The highest BCUT2D eigenvalue weighted by molar-refractivity contribution is 5.80. The molecule has 1 saturated carbocycles. The van der Waals surface area contributed by atoms with E-state index >= 15 is 0 Å². The number of methoxy groups -OCH3 is 1. The van der Waals surface area contributed by atoms with Crippen molar-refractivity contribution in [1.29, 1.82) is 0 Å². The van der Waals surface area contributed by atoms with Gasteiger partial charge in [-0.15, -0.1) is 0 Å². The quantitative estimate of drug-likeness (QED) is 0.825. The predicted octanol–water partition coefficient (Wildman–Crippen LogP) is 2.48. The van der Waals surface area contributed by atoms with E-state index < -0.39 is 0 Å². The number of fused-ring (bicyclic) bond motifs is 1. The van der Waals surface area contributed by atoms with Crippen LogP contribution in [0.1, 0.15) is 19.8 Å². The smallest absolute Gasteiger partial charge is 0.144 e. The van der Waals surface area contributed by atoms with E-state index in [1.807, 2.05) is 12.1 Å². The van der Waals surface area contributed by atoms with Gasteiger partial charge in [0.1, 0.15) is 11.4 Å². The van der Waals surface area contributed by atoms with Crippen LogP contribution in [-0.2, 0) is 0 Å². The van der Waals surface area contributed by atoms with Crippen LogP contribution in [0, 0.1) is 0 Å². The van der Waals surface area contributed by atoms with Gasteiger partial charge in [-0.05, 0) is 31.9 Å². The minimum absolute atomic E-state index is 0.371. The lowest BCUT2D eigenvalue weighted by molar-refractivity contribution is 0.411. The second-order valence-corrected chi connectivity index (χ2v) is 4.68. The van der Waals surface area contributed by atoms with E-state index in [1.54, 1.807) is 7.11 Å². The molecule has 1 aliphatic carbocycles. The molecule has 1 N–H and O–H groups in total. The summed E-state index contributed by atoms with van der Waals surface area (Å²) in [5.41, 5.74) is 2.83. The lowest BCUT2D eigenvalue weighted by Gasteiger charge is -2.40. The van der Waals surface area contributed by atoms with Crippen molar-refractivity contribution in [2.24, 2.45) is 0 Å². The van der Waals surface area contributed by atoms with E-state index in [9.17, 15) is 0 Å². The summed E-state index contributed by atoms with van der Waals surface area (Å²) in [4.78, 5) is 2.51. The third-order valence-electron chi connectivity index (χ3n) is 3.81. The van der Waals surface area contributed by atoms with Gasteiger partial charge in [-0.25, -0.2) is 0 Å². The van der Waals surface area contributed by atoms with Gasteiger partial charge in [0, 0.05) is 13.1 Å². The summed E-state index contributed by atoms with van der Waals surface area (Å²) in [6.45, 7) is 4.34. The van der Waals surface area contributed by atoms with Crippen LogP contribution in [0.5, 0.6) is 5.75 Å². The van der Waals surface area contributed by atoms with Crippen LogP contribution in [0.15, 0.2) is 18.2 Å². The second-order valence-electron chi connectivity index (χ2n) is 4.68. The van der Waals surface area contributed by atoms with Crippen molar-refractivity contribution in [3.63, 3.8) is 0 Å². The maximum absolute atomic E-state index is 5.48. The average Bonchev–Trinajstić information content (AvgIpc) is 3.09. The first-order chi connectivity index (χ1) is 7.80. The molecule has 86 valence electrons. The number of benzene rings is 1. The van der Waals surface area contributed by atoms with Crippen LogP contribution in [0.2, 0.25) is 0 Å². The van der Waals surface area contributed by atoms with Gasteiger partial charge in [0.15, 0.2) is 0 Å². The number of nitrogens with zero attached hydrogens (tertiary/aromatic N) is 1. The molecule has 16 heavy (non-hydrogen) atoms. The fraction of sp³-hybridized carbons (Fsp3) is 0.538. The van der Waals surface area contributed by atoms with Crippen LogP contribution in [-0.4, -0.2) is 25.7 Å². The lowest BCUT2D eigenvalue weighted by atomic mass is 10.1. The maximum Gasteiger partial charge on any atom is 0.144 e. The van der Waals surface area contributed by atoms with Crippen molar-refractivity contribution < 1.29 is 4.74 Å². The Morgan fingerprint density at radius 1 is 1.44 bits per heavy atom. The van der Waals surface area contributed by atoms with Crippen LogP contribution in [0.25, 0.3) is 0 Å². The van der Waals surface area contributed by atoms with Gasteiger partial charge >= 0.3 is 0 Å². The fourth-order valence-electron chi connectivity index (χ4n) is 2.78. The van der Waals surface area contributed by atoms with Gasteiger partial charge < -0.3 is 15.0 Å². The number of hydrogen-bond donors (Lipinski definition) is 1. The molecule has 3 rings (SSSR count). The zero-order valence-corrected chi connectivity index (χ0v) is 9.92. The molecule has 0 atom stereocenters. The molecular weight excluding hydrogens is 200 g/mol. The summed E-state index contributed by atoms with van der Waals surface area (Å²) < 4.78 is 5.48. The van der Waals surface area contributed by atoms with Crippen LogP contribution in [0.3, 0.4) is 0 Å². The first kappa shape index (κ1) is 9.82. The molecule has 1 aliphatic heterocycles. The number of para-hydroxylation sites is 1. The SMILES string of the molecule is CCN1c2c(cccc2OC)NCC12CC2. The Balaban J connectivity index is 2.11. The first-order valence-electron chi connectivity index (χ1n) is 5.99. The molecule has 0 radical (unpaired) electrons. The summed E-state index contributed by atoms with van der Waals surface area (Å²) in [5, 5.41) is 3.53. The molecule has 0 amide bonds. The summed E-state index contributed by atoms with van der Waals surface area (Å²) in [6.07, 6.45) is 2.59. The van der Waals surface area contributed by atoms with Gasteiger partial charge in [0.2, 0.25) is 0 Å². The Kier molecular flexibility index (Phi) is 2.03. The highest BCUT2D eigenvalue weighted by Crippen LogP contribution is 2.51. The molecule has 1 spiro atoms. The van der Waals surface area contributed by atoms with Gasteiger partial charge in [-0.2, -0.15) is 0 Å². The number of nitrogens with one attached hydrogen (secondary N) is 1. The van der Waals surface area contributed by atoms with Crippen molar-refractivity contribution in [1.82, 2.24) is 0 Å². The third kappa shape index (κ3) is 1.20. The molecule has 3 heteroatoms. The molecular formula is C13H18N2O. The molecule has 1 aromatic rings. The molecule has 0 aromatic heterocycles. The summed E-state index contributed by atoms with van der Waals surface area (Å²) in [5.74, 6) is 0.984. The van der Waals surface area contributed by atoms with E-state index in [2.05, 4.69) is 23.2 Å². The van der Waals surface area contributed by atoms with E-state index in [0.717, 1.165) is 18.8 Å². The zero-order valence-electron chi connectivity index (χ0n) is 9.92. The lowest BCUT2D eigenvalue weighted by Crippen LogP contribution is -2.46. The highest BCUT2D eigenvalue weighted by atomic mass is 16.5. The topological polar surface area (TPSA) is 24.5 Å². The molecule has 1 fully saturated rings. The number of likely N-dealkylation sites (N-methyl/N-ethyl adjacent to an activating group) is 1. The zero-order chi connectivity index (χ0) is 11.2. The first-order valence-corrected chi connectivity index (χ1v) is 5.99. The standard InChI is InChI=1S/C13H18N2O/c1-3-15-12-10(5-4-6-11(12)16-2)14-9-13(15)7-8-13/h4-6,14H,3,7-9H2,1-2H3. The van der Waals surface area contributed by atoms with E-state index in [0.29, 0.717) is 5.54 Å². The van der Waals surface area contributed by atoms with Crippen molar-refractivity contribution in [2.45, 2.75) is 25.3 Å². The molecule has 3 nitrogen and oxygen atoms in total. The molecule has 1 heterocycles. The van der Waals surface area contributed by atoms with Crippen LogP contribution in [0.4, 0.5) is 11.4 Å². The third-order valence-corrected chi connectivity index (χ3v) is 3.81. The Morgan fingerprint density at radius 2 is 2.25 bits per heavy atom. The number of rotatable bonds is 2. The monoisotopic (exact) mass is 218 g/mol. The fourth-order valence-corrected chi connectivity index (χ4v) is 2.78. The predicted molar refractivity (Wildman–Crippen MR) is 66.5 cm³/mol. The van der Waals surface area contributed by atoms with Gasteiger partial charge in [0.05, 0.1) is 18.3 Å². The molecule has 1 aromatic carbocycles. The van der Waals surface area contributed by atoms with Crippen LogP contribution >= 0.6 is 0 Å².